The number of rotatable bonds is 8. The average molecular weight is 336 g/mol. The molecule has 1 heterocycles. The Morgan fingerprint density at radius 3 is 2.71 bits per heavy atom. The normalized spacial score (nSPS) is 12.7. The molecule has 24 heavy (non-hydrogen) atoms. The molecule has 0 atom stereocenters. The molecule has 0 bridgehead atoms. The molecule has 0 aromatic heterocycles. The van der Waals surface area contributed by atoms with Crippen molar-refractivity contribution in [3.05, 3.63) is 23.8 Å². The van der Waals surface area contributed by atoms with Crippen LogP contribution in [0.1, 0.15) is 45.6 Å². The molecule has 1 aliphatic rings. The number of nitrogens with zero attached hydrogens (tertiary/aromatic N) is 2. The minimum atomic E-state index is -0.637. The molecule has 0 saturated heterocycles. The number of fused-ring (bicyclic) bond motifs is 1. The van der Waals surface area contributed by atoms with E-state index in [0.29, 0.717) is 12.1 Å². The van der Waals surface area contributed by atoms with Crippen LogP contribution in [0, 0.1) is 0 Å². The SMILES string of the molecule is CCCC(=O)ON(OOC(C)=O)c1ccc2c(c1)CCN2CCC. The Bertz CT molecular complexity index is 590. The van der Waals surface area contributed by atoms with Gasteiger partial charge >= 0.3 is 11.9 Å². The first-order chi connectivity index (χ1) is 11.5. The van der Waals surface area contributed by atoms with E-state index in [4.69, 9.17) is 9.83 Å². The van der Waals surface area contributed by atoms with E-state index in [9.17, 15) is 9.59 Å². The summed E-state index contributed by atoms with van der Waals surface area (Å²) in [5.74, 6) is -1.10. The predicted octanol–water partition coefficient (Wildman–Crippen LogP) is 2.93. The van der Waals surface area contributed by atoms with Gasteiger partial charge in [-0.2, -0.15) is 0 Å². The number of hydrogen-bond donors (Lipinski definition) is 0. The van der Waals surface area contributed by atoms with Crippen molar-refractivity contribution in [2.75, 3.05) is 23.2 Å². The number of anilines is 2. The average Bonchev–Trinajstić information content (AvgIpc) is 2.94. The van der Waals surface area contributed by atoms with Gasteiger partial charge in [-0.05, 0) is 53.2 Å². The van der Waals surface area contributed by atoms with Crippen molar-refractivity contribution in [2.45, 2.75) is 46.5 Å². The van der Waals surface area contributed by atoms with Gasteiger partial charge in [0, 0.05) is 32.1 Å². The van der Waals surface area contributed by atoms with E-state index in [0.717, 1.165) is 36.7 Å². The van der Waals surface area contributed by atoms with Crippen LogP contribution in [0.3, 0.4) is 0 Å². The first kappa shape index (κ1) is 18.1. The van der Waals surface area contributed by atoms with Gasteiger partial charge in [0.25, 0.3) is 0 Å². The van der Waals surface area contributed by atoms with Gasteiger partial charge in [-0.3, -0.25) is 4.89 Å². The van der Waals surface area contributed by atoms with Crippen LogP contribution in [-0.4, -0.2) is 25.0 Å². The summed E-state index contributed by atoms with van der Waals surface area (Å²) in [7, 11) is 0. The molecular weight excluding hydrogens is 312 g/mol. The van der Waals surface area contributed by atoms with Gasteiger partial charge in [0.1, 0.15) is 5.69 Å². The molecule has 132 valence electrons. The fourth-order valence-corrected chi connectivity index (χ4v) is 2.61. The molecule has 0 amide bonds. The highest BCUT2D eigenvalue weighted by atomic mass is 17.3. The van der Waals surface area contributed by atoms with Crippen LogP contribution in [0.25, 0.3) is 0 Å². The van der Waals surface area contributed by atoms with E-state index >= 15 is 0 Å². The summed E-state index contributed by atoms with van der Waals surface area (Å²) in [5, 5.41) is 0.849. The van der Waals surface area contributed by atoms with E-state index in [1.54, 1.807) is 6.07 Å². The molecule has 0 aliphatic carbocycles. The molecule has 7 heteroatoms. The van der Waals surface area contributed by atoms with Crippen molar-refractivity contribution in [3.63, 3.8) is 0 Å². The van der Waals surface area contributed by atoms with E-state index in [-0.39, 0.29) is 6.42 Å². The minimum absolute atomic E-state index is 0.245. The summed E-state index contributed by atoms with van der Waals surface area (Å²) in [6.07, 6.45) is 2.89. The summed E-state index contributed by atoms with van der Waals surface area (Å²) >= 11 is 0. The second-order valence-electron chi connectivity index (χ2n) is 5.67. The molecule has 0 radical (unpaired) electrons. The van der Waals surface area contributed by atoms with Gasteiger partial charge in [0.15, 0.2) is 0 Å². The third-order valence-electron chi connectivity index (χ3n) is 3.62. The molecule has 1 aromatic rings. The highest BCUT2D eigenvalue weighted by Crippen LogP contribution is 2.32. The zero-order valence-corrected chi connectivity index (χ0v) is 14.4. The zero-order valence-electron chi connectivity index (χ0n) is 14.4. The summed E-state index contributed by atoms with van der Waals surface area (Å²) in [6.45, 7) is 7.19. The fourth-order valence-electron chi connectivity index (χ4n) is 2.61. The van der Waals surface area contributed by atoms with Crippen molar-refractivity contribution in [2.24, 2.45) is 0 Å². The van der Waals surface area contributed by atoms with Crippen LogP contribution in [0.15, 0.2) is 18.2 Å². The van der Waals surface area contributed by atoms with Crippen LogP contribution in [0.5, 0.6) is 0 Å². The molecule has 0 N–H and O–H groups in total. The van der Waals surface area contributed by atoms with Crippen molar-refractivity contribution in [3.8, 4) is 0 Å². The summed E-state index contributed by atoms with van der Waals surface area (Å²) in [6, 6.07) is 5.62. The van der Waals surface area contributed by atoms with Gasteiger partial charge in [-0.15, -0.1) is 0 Å². The second kappa shape index (κ2) is 8.54. The van der Waals surface area contributed by atoms with E-state index in [2.05, 4.69) is 16.7 Å². The quantitative estimate of drug-likeness (QED) is 0.534. The van der Waals surface area contributed by atoms with Gasteiger partial charge in [0.05, 0.1) is 0 Å². The van der Waals surface area contributed by atoms with Gasteiger partial charge in [-0.25, -0.2) is 9.59 Å². The number of carbonyl (C=O) groups is 2. The van der Waals surface area contributed by atoms with E-state index in [1.165, 1.54) is 12.6 Å². The maximum absolute atomic E-state index is 11.7. The van der Waals surface area contributed by atoms with Gasteiger partial charge in [0.2, 0.25) is 0 Å². The molecular formula is C17H24N2O5. The molecule has 0 spiro atoms. The lowest BCUT2D eigenvalue weighted by atomic mass is 10.1. The maximum atomic E-state index is 11.7. The van der Waals surface area contributed by atoms with E-state index in [1.807, 2.05) is 19.1 Å². The van der Waals surface area contributed by atoms with Gasteiger partial charge < -0.3 is 9.74 Å². The Morgan fingerprint density at radius 2 is 2.04 bits per heavy atom. The van der Waals surface area contributed by atoms with Gasteiger partial charge in [-0.1, -0.05) is 13.8 Å². The predicted molar refractivity (Wildman–Crippen MR) is 89.0 cm³/mol. The number of carbonyl (C=O) groups excluding carboxylic acids is 2. The maximum Gasteiger partial charge on any atom is 0.342 e. The molecule has 2 rings (SSSR count). The highest BCUT2D eigenvalue weighted by Gasteiger charge is 2.22. The third-order valence-corrected chi connectivity index (χ3v) is 3.62. The van der Waals surface area contributed by atoms with Crippen molar-refractivity contribution in [1.29, 1.82) is 0 Å². The molecule has 0 fully saturated rings. The Balaban J connectivity index is 2.16. The second-order valence-corrected chi connectivity index (χ2v) is 5.67. The van der Waals surface area contributed by atoms with Crippen molar-refractivity contribution >= 4 is 23.3 Å². The Labute approximate surface area is 141 Å². The Hall–Kier alpha value is -2.28. The standard InChI is InChI=1S/C17H24N2O5/c1-4-6-17(21)22-19(24-23-13(3)20)15-7-8-16-14(12-15)9-11-18(16)10-5-2/h7-8,12H,4-6,9-11H2,1-3H3. The van der Waals surface area contributed by atoms with Crippen molar-refractivity contribution in [1.82, 2.24) is 0 Å². The minimum Gasteiger partial charge on any atom is -0.371 e. The Morgan fingerprint density at radius 1 is 1.25 bits per heavy atom. The van der Waals surface area contributed by atoms with Crippen LogP contribution in [0.2, 0.25) is 0 Å². The third kappa shape index (κ3) is 4.61. The number of benzene rings is 1. The molecule has 1 aromatic carbocycles. The fraction of sp³-hybridized carbons (Fsp3) is 0.529. The zero-order chi connectivity index (χ0) is 17.5. The summed E-state index contributed by atoms with van der Waals surface area (Å²) in [4.78, 5) is 39.6. The molecule has 0 saturated carbocycles. The summed E-state index contributed by atoms with van der Waals surface area (Å²) in [5.41, 5.74) is 2.81. The first-order valence-electron chi connectivity index (χ1n) is 8.29. The largest absolute Gasteiger partial charge is 0.371 e. The smallest absolute Gasteiger partial charge is 0.342 e. The van der Waals surface area contributed by atoms with Crippen LogP contribution >= 0.6 is 0 Å². The van der Waals surface area contributed by atoms with E-state index < -0.39 is 11.9 Å². The summed E-state index contributed by atoms with van der Waals surface area (Å²) < 4.78 is 0. The topological polar surface area (TPSA) is 68.3 Å². The van der Waals surface area contributed by atoms with Crippen LogP contribution in [-0.2, 0) is 30.7 Å². The first-order valence-corrected chi connectivity index (χ1v) is 8.29. The molecule has 7 nitrogen and oxygen atoms in total. The lowest BCUT2D eigenvalue weighted by molar-refractivity contribution is -0.319. The molecule has 1 aliphatic heterocycles. The lowest BCUT2D eigenvalue weighted by Gasteiger charge is -2.21. The van der Waals surface area contributed by atoms with Crippen LogP contribution in [0.4, 0.5) is 11.4 Å². The highest BCUT2D eigenvalue weighted by molar-refractivity contribution is 5.71. The molecule has 0 unspecified atom stereocenters. The van der Waals surface area contributed by atoms with Crippen molar-refractivity contribution < 1.29 is 24.3 Å². The lowest BCUT2D eigenvalue weighted by Crippen LogP contribution is -2.28. The Kier molecular flexibility index (Phi) is 6.43. The monoisotopic (exact) mass is 336 g/mol. The number of hydrogen-bond acceptors (Lipinski definition) is 7. The van der Waals surface area contributed by atoms with Crippen LogP contribution < -0.4 is 10.1 Å².